The quantitative estimate of drug-likeness (QED) is 0.587. The van der Waals surface area contributed by atoms with Crippen molar-refractivity contribution in [2.24, 2.45) is 7.05 Å². The zero-order chi connectivity index (χ0) is 14.5. The van der Waals surface area contributed by atoms with E-state index in [1.807, 2.05) is 59.0 Å². The number of ether oxygens (including phenoxy) is 2. The maximum Gasteiger partial charge on any atom is 0.264 e. The Bertz CT molecular complexity index is 635. The minimum Gasteiger partial charge on any atom is -0.491 e. The maximum atomic E-state index is 11.9. The molecule has 4 nitrogen and oxygen atoms in total. The summed E-state index contributed by atoms with van der Waals surface area (Å²) in [5, 5.41) is 0. The number of methoxy groups -OCH3 is 1. The predicted molar refractivity (Wildman–Crippen MR) is 87.2 cm³/mol. The van der Waals surface area contributed by atoms with Gasteiger partial charge in [0.05, 0.1) is 15.9 Å². The molecule has 0 unspecified atom stereocenters. The second-order valence-corrected chi connectivity index (χ2v) is 5.46. The second-order valence-electron chi connectivity index (χ2n) is 4.30. The number of halogens is 1. The number of benzene rings is 1. The Hall–Kier alpha value is -1.34. The van der Waals surface area contributed by atoms with Gasteiger partial charge in [0.25, 0.3) is 5.56 Å². The lowest BCUT2D eigenvalue weighted by atomic mass is 10.1. The van der Waals surface area contributed by atoms with Crippen molar-refractivity contribution in [3.8, 4) is 17.0 Å². The number of rotatable bonds is 5. The molecular formula is C15H16INO3. The van der Waals surface area contributed by atoms with Crippen molar-refractivity contribution in [3.05, 3.63) is 50.3 Å². The molecule has 2 aromatic rings. The van der Waals surface area contributed by atoms with Gasteiger partial charge in [-0.15, -0.1) is 0 Å². The molecule has 1 heterocycles. The topological polar surface area (TPSA) is 40.5 Å². The molecule has 5 heteroatoms. The minimum absolute atomic E-state index is 0.0171. The van der Waals surface area contributed by atoms with Crippen LogP contribution in [0.15, 0.2) is 41.2 Å². The third kappa shape index (κ3) is 3.40. The lowest BCUT2D eigenvalue weighted by molar-refractivity contribution is 0.146. The van der Waals surface area contributed by atoms with Gasteiger partial charge in [0.1, 0.15) is 12.4 Å². The molecular weight excluding hydrogens is 369 g/mol. The molecule has 1 aromatic carbocycles. The summed E-state index contributed by atoms with van der Waals surface area (Å²) in [6.07, 6.45) is 0. The largest absolute Gasteiger partial charge is 0.491 e. The van der Waals surface area contributed by atoms with E-state index in [2.05, 4.69) is 0 Å². The first-order valence-electron chi connectivity index (χ1n) is 6.21. The van der Waals surface area contributed by atoms with Crippen molar-refractivity contribution in [1.82, 2.24) is 4.57 Å². The maximum absolute atomic E-state index is 11.9. The van der Waals surface area contributed by atoms with E-state index in [4.69, 9.17) is 9.47 Å². The lowest BCUT2D eigenvalue weighted by Crippen LogP contribution is -2.20. The zero-order valence-corrected chi connectivity index (χ0v) is 13.6. The third-order valence-corrected chi connectivity index (χ3v) is 3.79. The fourth-order valence-electron chi connectivity index (χ4n) is 1.86. The molecule has 0 aliphatic carbocycles. The Labute approximate surface area is 131 Å². The predicted octanol–water partition coefficient (Wildman–Crippen LogP) is 2.68. The average molecular weight is 385 g/mol. The summed E-state index contributed by atoms with van der Waals surface area (Å²) in [6, 6.07) is 11.5. The van der Waals surface area contributed by atoms with Crippen molar-refractivity contribution in [3.63, 3.8) is 0 Å². The number of nitrogens with zero attached hydrogens (tertiary/aromatic N) is 1. The molecule has 1 aromatic heterocycles. The monoisotopic (exact) mass is 385 g/mol. The number of hydrogen-bond acceptors (Lipinski definition) is 3. The van der Waals surface area contributed by atoms with Crippen LogP contribution in [0.5, 0.6) is 5.75 Å². The second kappa shape index (κ2) is 6.90. The van der Waals surface area contributed by atoms with E-state index in [9.17, 15) is 4.79 Å². The Balaban J connectivity index is 2.22. The van der Waals surface area contributed by atoms with Gasteiger partial charge in [0.15, 0.2) is 0 Å². The molecule has 0 N–H and O–H groups in total. The van der Waals surface area contributed by atoms with Gasteiger partial charge in [-0.2, -0.15) is 0 Å². The van der Waals surface area contributed by atoms with Gasteiger partial charge in [-0.3, -0.25) is 4.79 Å². The highest BCUT2D eigenvalue weighted by molar-refractivity contribution is 14.1. The molecule has 0 saturated heterocycles. The first-order chi connectivity index (χ1) is 9.63. The summed E-state index contributed by atoms with van der Waals surface area (Å²) in [5.41, 5.74) is 1.89. The van der Waals surface area contributed by atoms with Crippen molar-refractivity contribution in [2.45, 2.75) is 0 Å². The molecule has 0 radical (unpaired) electrons. The average Bonchev–Trinajstić information content (AvgIpc) is 2.46. The number of aromatic nitrogens is 1. The van der Waals surface area contributed by atoms with Crippen molar-refractivity contribution >= 4 is 22.6 Å². The normalized spacial score (nSPS) is 10.6. The number of pyridine rings is 1. The lowest BCUT2D eigenvalue weighted by Gasteiger charge is -2.10. The molecule has 0 saturated carbocycles. The van der Waals surface area contributed by atoms with Crippen LogP contribution in [0, 0.1) is 3.57 Å². The SMILES string of the molecule is COCCOc1ccc(-c2ccc(I)c(=O)n2C)cc1. The highest BCUT2D eigenvalue weighted by Crippen LogP contribution is 2.21. The molecule has 0 amide bonds. The Kier molecular flexibility index (Phi) is 5.19. The van der Waals surface area contributed by atoms with E-state index in [0.29, 0.717) is 16.8 Å². The molecule has 0 aliphatic heterocycles. The summed E-state index contributed by atoms with van der Waals surface area (Å²) in [7, 11) is 3.42. The highest BCUT2D eigenvalue weighted by Gasteiger charge is 2.06. The van der Waals surface area contributed by atoms with Gasteiger partial charge in [-0.1, -0.05) is 0 Å². The van der Waals surface area contributed by atoms with Crippen molar-refractivity contribution < 1.29 is 9.47 Å². The summed E-state index contributed by atoms with van der Waals surface area (Å²) in [4.78, 5) is 11.9. The van der Waals surface area contributed by atoms with Gasteiger partial charge < -0.3 is 14.0 Å². The molecule has 20 heavy (non-hydrogen) atoms. The first-order valence-corrected chi connectivity index (χ1v) is 7.29. The molecule has 0 spiro atoms. The van der Waals surface area contributed by atoms with Gasteiger partial charge >= 0.3 is 0 Å². The highest BCUT2D eigenvalue weighted by atomic mass is 127. The number of hydrogen-bond donors (Lipinski definition) is 0. The van der Waals surface area contributed by atoms with Crippen LogP contribution in [0.25, 0.3) is 11.3 Å². The zero-order valence-electron chi connectivity index (χ0n) is 11.4. The Morgan fingerprint density at radius 2 is 1.80 bits per heavy atom. The summed E-state index contributed by atoms with van der Waals surface area (Å²) in [5.74, 6) is 0.793. The van der Waals surface area contributed by atoms with Crippen LogP contribution < -0.4 is 10.3 Å². The van der Waals surface area contributed by atoms with Crippen LogP contribution in [0.2, 0.25) is 0 Å². The van der Waals surface area contributed by atoms with Gasteiger partial charge in [0.2, 0.25) is 0 Å². The van der Waals surface area contributed by atoms with E-state index in [1.54, 1.807) is 18.7 Å². The fraction of sp³-hybridized carbons (Fsp3) is 0.267. The standard InChI is InChI=1S/C15H16INO3/c1-17-14(8-7-13(16)15(17)18)11-3-5-12(6-4-11)20-10-9-19-2/h3-8H,9-10H2,1-2H3. The Morgan fingerprint density at radius 3 is 2.45 bits per heavy atom. The molecule has 0 aliphatic rings. The molecule has 0 fully saturated rings. The van der Waals surface area contributed by atoms with E-state index in [0.717, 1.165) is 17.0 Å². The van der Waals surface area contributed by atoms with Crippen LogP contribution in [0.4, 0.5) is 0 Å². The summed E-state index contributed by atoms with van der Waals surface area (Å²) < 4.78 is 12.8. The Morgan fingerprint density at radius 1 is 1.10 bits per heavy atom. The molecule has 0 bridgehead atoms. The van der Waals surface area contributed by atoms with E-state index in [-0.39, 0.29) is 5.56 Å². The molecule has 2 rings (SSSR count). The minimum atomic E-state index is 0.0171. The van der Waals surface area contributed by atoms with Crippen LogP contribution in [0.3, 0.4) is 0 Å². The van der Waals surface area contributed by atoms with Gasteiger partial charge in [0, 0.05) is 14.2 Å². The van der Waals surface area contributed by atoms with Crippen molar-refractivity contribution in [1.29, 1.82) is 0 Å². The third-order valence-electron chi connectivity index (χ3n) is 2.96. The summed E-state index contributed by atoms with van der Waals surface area (Å²) >= 11 is 2.04. The smallest absolute Gasteiger partial charge is 0.264 e. The van der Waals surface area contributed by atoms with E-state index >= 15 is 0 Å². The van der Waals surface area contributed by atoms with E-state index < -0.39 is 0 Å². The van der Waals surface area contributed by atoms with Gasteiger partial charge in [-0.05, 0) is 64.6 Å². The van der Waals surface area contributed by atoms with Crippen LogP contribution in [-0.2, 0) is 11.8 Å². The van der Waals surface area contributed by atoms with Crippen molar-refractivity contribution in [2.75, 3.05) is 20.3 Å². The molecule has 106 valence electrons. The first kappa shape index (κ1) is 15.1. The summed E-state index contributed by atoms with van der Waals surface area (Å²) in [6.45, 7) is 1.09. The van der Waals surface area contributed by atoms with Crippen LogP contribution in [-0.4, -0.2) is 24.9 Å². The fourth-order valence-corrected chi connectivity index (χ4v) is 2.40. The van der Waals surface area contributed by atoms with Crippen LogP contribution >= 0.6 is 22.6 Å². The molecule has 0 atom stereocenters. The van der Waals surface area contributed by atoms with E-state index in [1.165, 1.54) is 0 Å². The van der Waals surface area contributed by atoms with Gasteiger partial charge in [-0.25, -0.2) is 0 Å². The van der Waals surface area contributed by atoms with Crippen LogP contribution in [0.1, 0.15) is 0 Å².